The minimum absolute atomic E-state index is 0.123. The van der Waals surface area contributed by atoms with Crippen LogP contribution >= 0.6 is 11.8 Å². The first-order valence-corrected chi connectivity index (χ1v) is 6.18. The van der Waals surface area contributed by atoms with Gasteiger partial charge < -0.3 is 10.4 Å². The number of aliphatic hydroxyl groups is 1. The third-order valence-electron chi connectivity index (χ3n) is 2.04. The lowest BCUT2D eigenvalue weighted by Gasteiger charge is -2.24. The molecule has 0 spiro atoms. The van der Waals surface area contributed by atoms with Crippen molar-refractivity contribution in [2.75, 3.05) is 17.7 Å². The van der Waals surface area contributed by atoms with Crippen LogP contribution in [0.1, 0.15) is 20.8 Å². The van der Waals surface area contributed by atoms with Crippen LogP contribution in [-0.4, -0.2) is 23.0 Å². The Balaban J connectivity index is 2.64. The van der Waals surface area contributed by atoms with Crippen LogP contribution in [-0.2, 0) is 0 Å². The number of benzene rings is 1. The fraction of sp³-hybridized carbons (Fsp3) is 0.500. The molecule has 0 aliphatic rings. The van der Waals surface area contributed by atoms with Gasteiger partial charge in [-0.3, -0.25) is 0 Å². The third kappa shape index (κ3) is 4.14. The average molecular weight is 225 g/mol. The molecular weight excluding hydrogens is 206 g/mol. The van der Waals surface area contributed by atoms with Crippen LogP contribution in [0.2, 0.25) is 0 Å². The summed E-state index contributed by atoms with van der Waals surface area (Å²) in [5.41, 5.74) is 0.786. The van der Waals surface area contributed by atoms with Crippen LogP contribution < -0.4 is 5.32 Å². The SMILES string of the molecule is CCSc1ccc(NC(C)(C)CO)cc1. The second-order valence-corrected chi connectivity index (χ2v) is 5.46. The Morgan fingerprint density at radius 1 is 1.27 bits per heavy atom. The zero-order valence-corrected chi connectivity index (χ0v) is 10.4. The number of aliphatic hydroxyl groups excluding tert-OH is 1. The predicted octanol–water partition coefficient (Wildman–Crippen LogP) is 2.98. The summed E-state index contributed by atoms with van der Waals surface area (Å²) < 4.78 is 0. The molecule has 0 radical (unpaired) electrons. The number of hydrogen-bond donors (Lipinski definition) is 2. The number of rotatable bonds is 5. The van der Waals surface area contributed by atoms with Crippen LogP contribution in [0.15, 0.2) is 29.2 Å². The zero-order valence-electron chi connectivity index (χ0n) is 9.58. The van der Waals surface area contributed by atoms with Crippen molar-refractivity contribution in [2.24, 2.45) is 0 Å². The van der Waals surface area contributed by atoms with E-state index in [9.17, 15) is 0 Å². The summed E-state index contributed by atoms with van der Waals surface area (Å²) in [6.45, 7) is 6.22. The molecule has 0 amide bonds. The van der Waals surface area contributed by atoms with Gasteiger partial charge in [-0.1, -0.05) is 6.92 Å². The monoisotopic (exact) mass is 225 g/mol. The average Bonchev–Trinajstić information content (AvgIpc) is 2.21. The molecule has 1 rings (SSSR count). The molecule has 0 atom stereocenters. The third-order valence-corrected chi connectivity index (χ3v) is 2.94. The lowest BCUT2D eigenvalue weighted by Crippen LogP contribution is -2.34. The van der Waals surface area contributed by atoms with Crippen molar-refractivity contribution in [3.63, 3.8) is 0 Å². The first kappa shape index (κ1) is 12.4. The van der Waals surface area contributed by atoms with Crippen LogP contribution in [0.25, 0.3) is 0 Å². The maximum Gasteiger partial charge on any atom is 0.0656 e. The quantitative estimate of drug-likeness (QED) is 0.756. The van der Waals surface area contributed by atoms with Gasteiger partial charge in [-0.15, -0.1) is 11.8 Å². The Hall–Kier alpha value is -0.670. The lowest BCUT2D eigenvalue weighted by molar-refractivity contribution is 0.234. The second-order valence-electron chi connectivity index (χ2n) is 4.12. The van der Waals surface area contributed by atoms with Gasteiger partial charge in [0.2, 0.25) is 0 Å². The predicted molar refractivity (Wildman–Crippen MR) is 67.6 cm³/mol. The highest BCUT2D eigenvalue weighted by atomic mass is 32.2. The van der Waals surface area contributed by atoms with E-state index in [1.54, 1.807) is 0 Å². The number of thioether (sulfide) groups is 1. The Morgan fingerprint density at radius 2 is 1.87 bits per heavy atom. The number of anilines is 1. The van der Waals surface area contributed by atoms with Gasteiger partial charge in [0.15, 0.2) is 0 Å². The van der Waals surface area contributed by atoms with E-state index >= 15 is 0 Å². The highest BCUT2D eigenvalue weighted by molar-refractivity contribution is 7.99. The van der Waals surface area contributed by atoms with Crippen LogP contribution in [0.3, 0.4) is 0 Å². The van der Waals surface area contributed by atoms with E-state index in [0.717, 1.165) is 11.4 Å². The summed E-state index contributed by atoms with van der Waals surface area (Å²) >= 11 is 1.83. The van der Waals surface area contributed by atoms with Gasteiger partial charge in [0, 0.05) is 10.6 Å². The molecule has 1 aromatic carbocycles. The molecule has 3 heteroatoms. The summed E-state index contributed by atoms with van der Waals surface area (Å²) in [5.74, 6) is 1.09. The van der Waals surface area contributed by atoms with Crippen molar-refractivity contribution in [3.05, 3.63) is 24.3 Å². The van der Waals surface area contributed by atoms with E-state index in [-0.39, 0.29) is 12.1 Å². The van der Waals surface area contributed by atoms with Gasteiger partial charge in [-0.05, 0) is 43.9 Å². The zero-order chi connectivity index (χ0) is 11.3. The summed E-state index contributed by atoms with van der Waals surface area (Å²) in [6, 6.07) is 8.30. The lowest BCUT2D eigenvalue weighted by atomic mass is 10.1. The summed E-state index contributed by atoms with van der Waals surface area (Å²) in [5, 5.41) is 12.4. The van der Waals surface area contributed by atoms with Crippen molar-refractivity contribution in [1.29, 1.82) is 0 Å². The topological polar surface area (TPSA) is 32.3 Å². The Morgan fingerprint density at radius 3 is 2.33 bits per heavy atom. The maximum atomic E-state index is 9.13. The van der Waals surface area contributed by atoms with Crippen LogP contribution in [0, 0.1) is 0 Å². The molecule has 0 heterocycles. The van der Waals surface area contributed by atoms with Crippen molar-refractivity contribution in [3.8, 4) is 0 Å². The molecule has 2 N–H and O–H groups in total. The standard InChI is InChI=1S/C12H19NOS/c1-4-15-11-7-5-10(6-8-11)13-12(2,3)9-14/h5-8,13-14H,4,9H2,1-3H3. The molecule has 15 heavy (non-hydrogen) atoms. The minimum atomic E-state index is -0.264. The first-order chi connectivity index (χ1) is 7.07. The maximum absolute atomic E-state index is 9.13. The highest BCUT2D eigenvalue weighted by Gasteiger charge is 2.15. The van der Waals surface area contributed by atoms with Gasteiger partial charge >= 0.3 is 0 Å². The molecule has 0 aliphatic heterocycles. The summed E-state index contributed by atoms with van der Waals surface area (Å²) in [6.07, 6.45) is 0. The fourth-order valence-corrected chi connectivity index (χ4v) is 1.89. The molecule has 0 bridgehead atoms. The van der Waals surface area contributed by atoms with Gasteiger partial charge in [0.25, 0.3) is 0 Å². The first-order valence-electron chi connectivity index (χ1n) is 5.19. The normalized spacial score (nSPS) is 11.5. The van der Waals surface area contributed by atoms with Crippen molar-refractivity contribution >= 4 is 17.4 Å². The molecule has 1 aromatic rings. The van der Waals surface area contributed by atoms with E-state index in [1.807, 2.05) is 25.6 Å². The second kappa shape index (κ2) is 5.42. The van der Waals surface area contributed by atoms with Gasteiger partial charge in [-0.25, -0.2) is 0 Å². The van der Waals surface area contributed by atoms with E-state index < -0.39 is 0 Å². The van der Waals surface area contributed by atoms with Crippen LogP contribution in [0.4, 0.5) is 5.69 Å². The van der Waals surface area contributed by atoms with Crippen LogP contribution in [0.5, 0.6) is 0 Å². The van der Waals surface area contributed by atoms with Crippen molar-refractivity contribution < 1.29 is 5.11 Å². The smallest absolute Gasteiger partial charge is 0.0656 e. The molecule has 0 aromatic heterocycles. The molecule has 2 nitrogen and oxygen atoms in total. The molecule has 0 fully saturated rings. The van der Waals surface area contributed by atoms with Gasteiger partial charge in [0.05, 0.1) is 12.1 Å². The summed E-state index contributed by atoms with van der Waals surface area (Å²) in [4.78, 5) is 1.28. The number of hydrogen-bond acceptors (Lipinski definition) is 3. The van der Waals surface area contributed by atoms with Crippen molar-refractivity contribution in [2.45, 2.75) is 31.2 Å². The molecular formula is C12H19NOS. The summed E-state index contributed by atoms with van der Waals surface area (Å²) in [7, 11) is 0. The van der Waals surface area contributed by atoms with Gasteiger partial charge in [-0.2, -0.15) is 0 Å². The van der Waals surface area contributed by atoms with Crippen molar-refractivity contribution in [1.82, 2.24) is 0 Å². The fourth-order valence-electron chi connectivity index (χ4n) is 1.23. The van der Waals surface area contributed by atoms with E-state index in [1.165, 1.54) is 4.90 Å². The Kier molecular flexibility index (Phi) is 4.48. The molecule has 0 saturated heterocycles. The largest absolute Gasteiger partial charge is 0.394 e. The van der Waals surface area contributed by atoms with Gasteiger partial charge in [0.1, 0.15) is 0 Å². The number of nitrogens with one attached hydrogen (secondary N) is 1. The molecule has 0 aliphatic carbocycles. The Labute approximate surface area is 96.1 Å². The molecule has 0 unspecified atom stereocenters. The van der Waals surface area contributed by atoms with E-state index in [4.69, 9.17) is 5.11 Å². The molecule has 84 valence electrons. The Bertz CT molecular complexity index is 295. The minimum Gasteiger partial charge on any atom is -0.394 e. The van der Waals surface area contributed by atoms with E-state index in [2.05, 4.69) is 36.5 Å². The molecule has 0 saturated carbocycles. The highest BCUT2D eigenvalue weighted by Crippen LogP contribution is 2.21. The van der Waals surface area contributed by atoms with E-state index in [0.29, 0.717) is 0 Å².